The molecule has 1 atom stereocenters. The molecule has 33 heavy (non-hydrogen) atoms. The fourth-order valence-corrected chi connectivity index (χ4v) is 4.99. The molecule has 7 heteroatoms. The first-order chi connectivity index (χ1) is 15.7. The lowest BCUT2D eigenvalue weighted by Crippen LogP contribution is -2.47. The molecule has 0 saturated carbocycles. The minimum Gasteiger partial charge on any atom is -0.336 e. The summed E-state index contributed by atoms with van der Waals surface area (Å²) in [5.74, 6) is -0.995. The quantitative estimate of drug-likeness (QED) is 0.701. The standard InChI is InChI=1S/C26H31F2N3O2/c1-17-12-21(26(33)30-10-8-29(3)9-11-30)13-18(2)25(17)31-16-19(4-7-24(31)32)14-20-5-6-22(27)15-23(20)28/h5-6,12-13,15,19H,4,7-11,14,16H2,1-3H3. The number of amides is 2. The number of carbonyl (C=O) groups is 2. The van der Waals surface area contributed by atoms with Gasteiger partial charge >= 0.3 is 0 Å². The first kappa shape index (κ1) is 23.4. The normalized spacial score (nSPS) is 19.8. The molecule has 2 amide bonds. The summed E-state index contributed by atoms with van der Waals surface area (Å²) in [7, 11) is 2.05. The van der Waals surface area contributed by atoms with Gasteiger partial charge < -0.3 is 14.7 Å². The Morgan fingerprint density at radius 3 is 2.33 bits per heavy atom. The predicted octanol–water partition coefficient (Wildman–Crippen LogP) is 3.95. The van der Waals surface area contributed by atoms with Gasteiger partial charge in [-0.2, -0.15) is 0 Å². The molecule has 2 aliphatic rings. The van der Waals surface area contributed by atoms with Crippen molar-refractivity contribution in [1.29, 1.82) is 0 Å². The molecule has 0 spiro atoms. The van der Waals surface area contributed by atoms with E-state index in [1.165, 1.54) is 12.1 Å². The molecule has 2 saturated heterocycles. The third-order valence-corrected chi connectivity index (χ3v) is 6.83. The van der Waals surface area contributed by atoms with Crippen molar-refractivity contribution in [3.8, 4) is 0 Å². The second kappa shape index (κ2) is 9.59. The fourth-order valence-electron chi connectivity index (χ4n) is 4.99. The Labute approximate surface area is 194 Å². The highest BCUT2D eigenvalue weighted by atomic mass is 19.1. The molecular weight excluding hydrogens is 424 g/mol. The van der Waals surface area contributed by atoms with Crippen LogP contribution in [0.5, 0.6) is 0 Å². The van der Waals surface area contributed by atoms with E-state index in [-0.39, 0.29) is 17.7 Å². The van der Waals surface area contributed by atoms with Crippen molar-refractivity contribution < 1.29 is 18.4 Å². The number of likely N-dealkylation sites (N-methyl/N-ethyl adjacent to an activating group) is 1. The number of rotatable bonds is 4. The smallest absolute Gasteiger partial charge is 0.253 e. The molecule has 0 aliphatic carbocycles. The highest BCUT2D eigenvalue weighted by molar-refractivity contribution is 5.99. The van der Waals surface area contributed by atoms with Crippen LogP contribution in [0.3, 0.4) is 0 Å². The molecule has 2 fully saturated rings. The van der Waals surface area contributed by atoms with Crippen LogP contribution in [0.2, 0.25) is 0 Å². The van der Waals surface area contributed by atoms with Crippen LogP contribution in [0.25, 0.3) is 0 Å². The van der Waals surface area contributed by atoms with E-state index in [4.69, 9.17) is 0 Å². The van der Waals surface area contributed by atoms with Crippen LogP contribution in [0.1, 0.15) is 39.9 Å². The molecule has 5 nitrogen and oxygen atoms in total. The lowest BCUT2D eigenvalue weighted by atomic mass is 9.89. The van der Waals surface area contributed by atoms with Gasteiger partial charge in [0.2, 0.25) is 5.91 Å². The highest BCUT2D eigenvalue weighted by Crippen LogP contribution is 2.33. The number of aryl methyl sites for hydroxylation is 2. The minimum absolute atomic E-state index is 0.0236. The Bertz CT molecular complexity index is 1040. The number of carbonyl (C=O) groups excluding carboxylic acids is 2. The summed E-state index contributed by atoms with van der Waals surface area (Å²) in [6.45, 7) is 7.48. The van der Waals surface area contributed by atoms with Gasteiger partial charge in [-0.1, -0.05) is 6.07 Å². The Morgan fingerprint density at radius 1 is 1.03 bits per heavy atom. The second-order valence-corrected chi connectivity index (χ2v) is 9.40. The molecule has 2 aromatic rings. The van der Waals surface area contributed by atoms with E-state index in [1.807, 2.05) is 30.9 Å². The SMILES string of the molecule is Cc1cc(C(=O)N2CCN(C)CC2)cc(C)c1N1CC(Cc2ccc(F)cc2F)CCC1=O. The molecule has 176 valence electrons. The molecule has 0 aromatic heterocycles. The van der Waals surface area contributed by atoms with E-state index < -0.39 is 11.6 Å². The van der Waals surface area contributed by atoms with Gasteiger partial charge in [0.05, 0.1) is 0 Å². The zero-order chi connectivity index (χ0) is 23.7. The molecule has 2 aliphatic heterocycles. The first-order valence-corrected chi connectivity index (χ1v) is 11.6. The average molecular weight is 456 g/mol. The Hall–Kier alpha value is -2.80. The third kappa shape index (κ3) is 5.08. The number of anilines is 1. The lowest BCUT2D eigenvalue weighted by Gasteiger charge is -2.35. The van der Waals surface area contributed by atoms with Gasteiger partial charge in [-0.3, -0.25) is 9.59 Å². The second-order valence-electron chi connectivity index (χ2n) is 9.40. The summed E-state index contributed by atoms with van der Waals surface area (Å²) in [6, 6.07) is 7.42. The summed E-state index contributed by atoms with van der Waals surface area (Å²) >= 11 is 0. The van der Waals surface area contributed by atoms with Gasteiger partial charge in [0.1, 0.15) is 11.6 Å². The molecule has 0 bridgehead atoms. The van der Waals surface area contributed by atoms with Crippen molar-refractivity contribution in [2.75, 3.05) is 44.7 Å². The fraction of sp³-hybridized carbons (Fsp3) is 0.462. The maximum Gasteiger partial charge on any atom is 0.253 e. The summed E-state index contributed by atoms with van der Waals surface area (Å²) < 4.78 is 27.4. The maximum atomic E-state index is 14.2. The summed E-state index contributed by atoms with van der Waals surface area (Å²) in [6.07, 6.45) is 1.51. The number of hydrogen-bond donors (Lipinski definition) is 0. The summed E-state index contributed by atoms with van der Waals surface area (Å²) in [4.78, 5) is 31.7. The summed E-state index contributed by atoms with van der Waals surface area (Å²) in [5.41, 5.74) is 3.72. The molecule has 1 unspecified atom stereocenters. The maximum absolute atomic E-state index is 14.2. The Balaban J connectivity index is 1.53. The first-order valence-electron chi connectivity index (χ1n) is 11.6. The van der Waals surface area contributed by atoms with Crippen LogP contribution in [0, 0.1) is 31.4 Å². The molecule has 2 aromatic carbocycles. The zero-order valence-electron chi connectivity index (χ0n) is 19.5. The minimum atomic E-state index is -0.589. The number of piperazine rings is 1. The van der Waals surface area contributed by atoms with Gasteiger partial charge in [0.25, 0.3) is 5.91 Å². The average Bonchev–Trinajstić information content (AvgIpc) is 2.77. The van der Waals surface area contributed by atoms with E-state index in [0.29, 0.717) is 50.0 Å². The molecular formula is C26H31F2N3O2. The largest absolute Gasteiger partial charge is 0.336 e. The van der Waals surface area contributed by atoms with E-state index >= 15 is 0 Å². The van der Waals surface area contributed by atoms with Crippen molar-refractivity contribution in [2.45, 2.75) is 33.1 Å². The molecule has 0 N–H and O–H groups in total. The van der Waals surface area contributed by atoms with E-state index in [9.17, 15) is 18.4 Å². The van der Waals surface area contributed by atoms with Gasteiger partial charge in [0, 0.05) is 56.5 Å². The van der Waals surface area contributed by atoms with Crippen LogP contribution in [0.4, 0.5) is 14.5 Å². The summed E-state index contributed by atoms with van der Waals surface area (Å²) in [5, 5.41) is 0. The molecule has 2 heterocycles. The Kier molecular flexibility index (Phi) is 6.79. The van der Waals surface area contributed by atoms with E-state index in [0.717, 1.165) is 36.0 Å². The Morgan fingerprint density at radius 2 is 1.70 bits per heavy atom. The molecule has 0 radical (unpaired) electrons. The van der Waals surface area contributed by atoms with Crippen LogP contribution in [0.15, 0.2) is 30.3 Å². The van der Waals surface area contributed by atoms with Gasteiger partial charge in [0.15, 0.2) is 0 Å². The predicted molar refractivity (Wildman–Crippen MR) is 124 cm³/mol. The van der Waals surface area contributed by atoms with Crippen LogP contribution in [-0.2, 0) is 11.2 Å². The third-order valence-electron chi connectivity index (χ3n) is 6.83. The van der Waals surface area contributed by atoms with Crippen molar-refractivity contribution in [3.63, 3.8) is 0 Å². The van der Waals surface area contributed by atoms with Gasteiger partial charge in [-0.25, -0.2) is 8.78 Å². The molecule has 4 rings (SSSR count). The number of nitrogens with zero attached hydrogens (tertiary/aromatic N) is 3. The van der Waals surface area contributed by atoms with Crippen LogP contribution >= 0.6 is 0 Å². The van der Waals surface area contributed by atoms with Gasteiger partial charge in [-0.05, 0) is 74.5 Å². The van der Waals surface area contributed by atoms with Gasteiger partial charge in [-0.15, -0.1) is 0 Å². The number of piperidine rings is 1. The van der Waals surface area contributed by atoms with Crippen molar-refractivity contribution in [1.82, 2.24) is 9.80 Å². The van der Waals surface area contributed by atoms with Crippen molar-refractivity contribution in [2.24, 2.45) is 5.92 Å². The highest BCUT2D eigenvalue weighted by Gasteiger charge is 2.30. The number of hydrogen-bond acceptors (Lipinski definition) is 3. The van der Waals surface area contributed by atoms with Crippen LogP contribution in [-0.4, -0.2) is 61.4 Å². The van der Waals surface area contributed by atoms with Crippen molar-refractivity contribution >= 4 is 17.5 Å². The van der Waals surface area contributed by atoms with E-state index in [1.54, 1.807) is 4.90 Å². The zero-order valence-corrected chi connectivity index (χ0v) is 19.5. The van der Waals surface area contributed by atoms with Crippen LogP contribution < -0.4 is 4.90 Å². The monoisotopic (exact) mass is 455 g/mol. The van der Waals surface area contributed by atoms with Crippen molar-refractivity contribution in [3.05, 3.63) is 64.2 Å². The number of halogens is 2. The number of benzene rings is 2. The lowest BCUT2D eigenvalue weighted by molar-refractivity contribution is -0.120. The van der Waals surface area contributed by atoms with E-state index in [2.05, 4.69) is 11.9 Å². The topological polar surface area (TPSA) is 43.9 Å².